The van der Waals surface area contributed by atoms with E-state index in [4.69, 9.17) is 10.7 Å². The lowest BCUT2D eigenvalue weighted by Crippen LogP contribution is -2.40. The summed E-state index contributed by atoms with van der Waals surface area (Å²) in [5.41, 5.74) is 14.3. The van der Waals surface area contributed by atoms with Gasteiger partial charge in [0, 0.05) is 18.2 Å². The standard InChI is InChI=1S/C36H45N5O2/c1-23-14-15-25(3)30(20-23)35-39-32-21-29(16-17-33(32)41(35)26(4)28-12-6-5-7-13-28)31(22-34(37)42)40-36(43)38-19-18-27-11-9-8-10-24(27)2/h8-11,14-17,20-21,26,28,31H,5-7,12-13,18-19,22H2,1-4H3,(H2,37,42)(H2,38,40,43)/t26-,31?/m0/s1. The summed E-state index contributed by atoms with van der Waals surface area (Å²) in [5, 5.41) is 5.93. The van der Waals surface area contributed by atoms with E-state index in [2.05, 4.69) is 79.3 Å². The van der Waals surface area contributed by atoms with E-state index in [1.165, 1.54) is 54.4 Å². The molecule has 1 aliphatic carbocycles. The number of fused-ring (bicyclic) bond motifs is 1. The van der Waals surface area contributed by atoms with Gasteiger partial charge in [-0.05, 0) is 93.3 Å². The first-order chi connectivity index (χ1) is 20.7. The predicted octanol–water partition coefficient (Wildman–Crippen LogP) is 7.23. The van der Waals surface area contributed by atoms with Gasteiger partial charge in [-0.25, -0.2) is 9.78 Å². The largest absolute Gasteiger partial charge is 0.370 e. The molecular formula is C36H45N5O2. The second-order valence-electron chi connectivity index (χ2n) is 12.3. The van der Waals surface area contributed by atoms with E-state index >= 15 is 0 Å². The Bertz CT molecular complexity index is 1600. The molecule has 5 rings (SSSR count). The first kappa shape index (κ1) is 30.3. The molecule has 0 radical (unpaired) electrons. The number of nitrogens with one attached hydrogen (secondary N) is 2. The highest BCUT2D eigenvalue weighted by Gasteiger charge is 2.27. The van der Waals surface area contributed by atoms with Crippen molar-refractivity contribution in [3.63, 3.8) is 0 Å². The normalized spacial score (nSPS) is 15.3. The molecule has 1 unspecified atom stereocenters. The Morgan fingerprint density at radius 1 is 0.977 bits per heavy atom. The van der Waals surface area contributed by atoms with Gasteiger partial charge < -0.3 is 20.9 Å². The van der Waals surface area contributed by atoms with Crippen LogP contribution in [0.15, 0.2) is 60.7 Å². The number of aryl methyl sites for hydroxylation is 3. The van der Waals surface area contributed by atoms with Crippen molar-refractivity contribution in [1.82, 2.24) is 20.2 Å². The molecule has 7 nitrogen and oxygen atoms in total. The van der Waals surface area contributed by atoms with Crippen molar-refractivity contribution >= 4 is 23.0 Å². The van der Waals surface area contributed by atoms with E-state index in [-0.39, 0.29) is 12.5 Å². The van der Waals surface area contributed by atoms with Crippen LogP contribution in [0.4, 0.5) is 4.79 Å². The van der Waals surface area contributed by atoms with E-state index in [0.29, 0.717) is 18.5 Å². The fourth-order valence-electron chi connectivity index (χ4n) is 6.60. The number of nitrogens with two attached hydrogens (primary N) is 1. The summed E-state index contributed by atoms with van der Waals surface area (Å²) >= 11 is 0. The highest BCUT2D eigenvalue weighted by Crippen LogP contribution is 2.39. The van der Waals surface area contributed by atoms with Crippen LogP contribution in [0.5, 0.6) is 0 Å². The van der Waals surface area contributed by atoms with Crippen LogP contribution in [-0.4, -0.2) is 28.0 Å². The molecule has 7 heteroatoms. The monoisotopic (exact) mass is 579 g/mol. The van der Waals surface area contributed by atoms with Gasteiger partial charge in [0.1, 0.15) is 5.82 Å². The number of urea groups is 1. The summed E-state index contributed by atoms with van der Waals surface area (Å²) in [5.74, 6) is 1.10. The predicted molar refractivity (Wildman–Crippen MR) is 174 cm³/mol. The Balaban J connectivity index is 1.45. The molecule has 4 aromatic rings. The third-order valence-corrected chi connectivity index (χ3v) is 9.14. The van der Waals surface area contributed by atoms with E-state index in [1.807, 2.05) is 24.3 Å². The molecule has 43 heavy (non-hydrogen) atoms. The van der Waals surface area contributed by atoms with Gasteiger partial charge in [-0.1, -0.05) is 67.3 Å². The summed E-state index contributed by atoms with van der Waals surface area (Å²) in [7, 11) is 0. The van der Waals surface area contributed by atoms with Crippen LogP contribution in [0.1, 0.15) is 85.3 Å². The van der Waals surface area contributed by atoms with Crippen LogP contribution in [0.3, 0.4) is 0 Å². The molecule has 1 aromatic heterocycles. The average molecular weight is 580 g/mol. The molecule has 1 fully saturated rings. The molecule has 1 saturated carbocycles. The van der Waals surface area contributed by atoms with E-state index in [0.717, 1.165) is 34.4 Å². The average Bonchev–Trinajstić information content (AvgIpc) is 3.37. The Morgan fingerprint density at radius 3 is 2.49 bits per heavy atom. The number of hydrogen-bond acceptors (Lipinski definition) is 3. The molecule has 4 N–H and O–H groups in total. The van der Waals surface area contributed by atoms with Crippen molar-refractivity contribution in [2.45, 2.75) is 84.7 Å². The fourth-order valence-corrected chi connectivity index (χ4v) is 6.60. The molecule has 1 aliphatic rings. The van der Waals surface area contributed by atoms with Crippen molar-refractivity contribution in [1.29, 1.82) is 0 Å². The second kappa shape index (κ2) is 13.4. The minimum atomic E-state index is -0.564. The first-order valence-corrected chi connectivity index (χ1v) is 15.7. The van der Waals surface area contributed by atoms with E-state index in [9.17, 15) is 9.59 Å². The smallest absolute Gasteiger partial charge is 0.315 e. The number of aromatic nitrogens is 2. The Hall–Kier alpha value is -4.13. The molecule has 0 saturated heterocycles. The zero-order valence-corrected chi connectivity index (χ0v) is 26.0. The topological polar surface area (TPSA) is 102 Å². The Labute approximate surface area is 255 Å². The van der Waals surface area contributed by atoms with E-state index in [1.54, 1.807) is 0 Å². The Morgan fingerprint density at radius 2 is 1.74 bits per heavy atom. The first-order valence-electron chi connectivity index (χ1n) is 15.7. The maximum Gasteiger partial charge on any atom is 0.315 e. The maximum atomic E-state index is 12.9. The molecule has 3 aromatic carbocycles. The van der Waals surface area contributed by atoms with Gasteiger partial charge in [-0.3, -0.25) is 4.79 Å². The van der Waals surface area contributed by atoms with Gasteiger partial charge in [0.25, 0.3) is 0 Å². The number of carbonyl (C=O) groups is 2. The van der Waals surface area contributed by atoms with Gasteiger partial charge in [-0.2, -0.15) is 0 Å². The van der Waals surface area contributed by atoms with Gasteiger partial charge >= 0.3 is 6.03 Å². The van der Waals surface area contributed by atoms with Gasteiger partial charge in [0.15, 0.2) is 0 Å². The van der Waals surface area contributed by atoms with E-state index < -0.39 is 11.9 Å². The van der Waals surface area contributed by atoms with Crippen molar-refractivity contribution in [2.75, 3.05) is 6.54 Å². The summed E-state index contributed by atoms with van der Waals surface area (Å²) in [4.78, 5) is 30.2. The number of amides is 3. The number of carbonyl (C=O) groups excluding carboxylic acids is 2. The van der Waals surface area contributed by atoms with Crippen LogP contribution < -0.4 is 16.4 Å². The summed E-state index contributed by atoms with van der Waals surface area (Å²) in [6, 6.07) is 20.2. The minimum absolute atomic E-state index is 0.000247. The Kier molecular flexibility index (Phi) is 9.49. The molecule has 226 valence electrons. The number of benzene rings is 3. The fraction of sp³-hybridized carbons (Fsp3) is 0.417. The van der Waals surface area contributed by atoms with Crippen LogP contribution in [0.2, 0.25) is 0 Å². The highest BCUT2D eigenvalue weighted by molar-refractivity contribution is 5.83. The molecular weight excluding hydrogens is 534 g/mol. The maximum absolute atomic E-state index is 12.9. The SMILES string of the molecule is Cc1ccc(C)c(-c2nc3cc(C(CC(N)=O)NC(=O)NCCc4ccccc4C)ccc3n2[C@@H](C)C2CCCCC2)c1. The molecule has 0 bridgehead atoms. The zero-order chi connectivity index (χ0) is 30.5. The quantitative estimate of drug-likeness (QED) is 0.185. The van der Waals surface area contributed by atoms with Gasteiger partial charge in [-0.15, -0.1) is 0 Å². The van der Waals surface area contributed by atoms with Crippen molar-refractivity contribution in [3.05, 3.63) is 88.5 Å². The number of nitrogens with zero attached hydrogens (tertiary/aromatic N) is 2. The summed E-state index contributed by atoms with van der Waals surface area (Å²) in [6.07, 6.45) is 7.05. The highest BCUT2D eigenvalue weighted by atomic mass is 16.2. The van der Waals surface area contributed by atoms with Crippen LogP contribution >= 0.6 is 0 Å². The molecule has 1 heterocycles. The van der Waals surface area contributed by atoms with Crippen molar-refractivity contribution < 1.29 is 9.59 Å². The molecule has 0 spiro atoms. The number of rotatable bonds is 10. The van der Waals surface area contributed by atoms with Gasteiger partial charge in [0.05, 0.1) is 23.5 Å². The lowest BCUT2D eigenvalue weighted by molar-refractivity contribution is -0.118. The molecule has 3 amide bonds. The third kappa shape index (κ3) is 7.10. The lowest BCUT2D eigenvalue weighted by Gasteiger charge is -2.30. The van der Waals surface area contributed by atoms with Crippen LogP contribution in [-0.2, 0) is 11.2 Å². The number of imidazole rings is 1. The minimum Gasteiger partial charge on any atom is -0.370 e. The third-order valence-electron chi connectivity index (χ3n) is 9.14. The van der Waals surface area contributed by atoms with Crippen LogP contribution in [0, 0.1) is 26.7 Å². The summed E-state index contributed by atoms with van der Waals surface area (Å²) < 4.78 is 2.42. The van der Waals surface area contributed by atoms with Crippen molar-refractivity contribution in [3.8, 4) is 11.4 Å². The zero-order valence-electron chi connectivity index (χ0n) is 26.0. The number of hydrogen-bond donors (Lipinski definition) is 3. The van der Waals surface area contributed by atoms with Crippen molar-refractivity contribution in [2.24, 2.45) is 11.7 Å². The lowest BCUT2D eigenvalue weighted by atomic mass is 9.84. The number of primary amides is 1. The molecule has 2 atom stereocenters. The second-order valence-corrected chi connectivity index (χ2v) is 12.3. The summed E-state index contributed by atoms with van der Waals surface area (Å²) in [6.45, 7) is 9.14. The van der Waals surface area contributed by atoms with Gasteiger partial charge in [0.2, 0.25) is 5.91 Å². The van der Waals surface area contributed by atoms with Crippen LogP contribution in [0.25, 0.3) is 22.4 Å². The molecule has 0 aliphatic heterocycles.